The molecule has 2 N–H and O–H groups in total. The van der Waals surface area contributed by atoms with Crippen LogP contribution in [-0.4, -0.2) is 30.8 Å². The molecule has 21 heavy (non-hydrogen) atoms. The van der Waals surface area contributed by atoms with Crippen LogP contribution in [0.5, 0.6) is 0 Å². The van der Waals surface area contributed by atoms with Gasteiger partial charge in [-0.1, -0.05) is 37.3 Å². The third-order valence-corrected chi connectivity index (χ3v) is 3.85. The monoisotopic (exact) mass is 310 g/mol. The van der Waals surface area contributed by atoms with E-state index in [1.54, 1.807) is 12.1 Å². The van der Waals surface area contributed by atoms with Crippen LogP contribution in [0.1, 0.15) is 36.5 Å². The number of carbonyl (C=O) groups is 2. The molecule has 0 radical (unpaired) electrons. The highest BCUT2D eigenvalue weighted by molar-refractivity contribution is 5.97. The van der Waals surface area contributed by atoms with Crippen molar-refractivity contribution >= 4 is 24.1 Å². The summed E-state index contributed by atoms with van der Waals surface area (Å²) < 4.78 is 0. The van der Waals surface area contributed by atoms with Crippen molar-refractivity contribution in [3.8, 4) is 0 Å². The zero-order chi connectivity index (χ0) is 14.4. The highest BCUT2D eigenvalue weighted by Crippen LogP contribution is 2.12. The Morgan fingerprint density at radius 2 is 1.95 bits per heavy atom. The number of nitrogens with one attached hydrogen (secondary N) is 2. The molecule has 5 heteroatoms. The number of halogens is 1. The highest BCUT2D eigenvalue weighted by atomic mass is 35.5. The number of hydrogen-bond donors (Lipinski definition) is 2. The summed E-state index contributed by atoms with van der Waals surface area (Å²) in [5.74, 6) is 0.482. The summed E-state index contributed by atoms with van der Waals surface area (Å²) in [6.07, 6.45) is 1.61. The van der Waals surface area contributed by atoms with Crippen molar-refractivity contribution < 1.29 is 9.59 Å². The fourth-order valence-electron chi connectivity index (χ4n) is 2.46. The Morgan fingerprint density at radius 3 is 2.62 bits per heavy atom. The van der Waals surface area contributed by atoms with Crippen molar-refractivity contribution in [3.05, 3.63) is 35.9 Å². The minimum Gasteiger partial charge on any atom is -0.352 e. The van der Waals surface area contributed by atoms with Gasteiger partial charge in [0.15, 0.2) is 5.78 Å². The summed E-state index contributed by atoms with van der Waals surface area (Å²) in [5.41, 5.74) is 0.674. The molecule has 116 valence electrons. The fourth-order valence-corrected chi connectivity index (χ4v) is 2.46. The second kappa shape index (κ2) is 8.80. The Hall–Kier alpha value is -1.39. The van der Waals surface area contributed by atoms with E-state index < -0.39 is 0 Å². The molecule has 0 aliphatic carbocycles. The van der Waals surface area contributed by atoms with E-state index in [2.05, 4.69) is 17.6 Å². The van der Waals surface area contributed by atoms with Gasteiger partial charge in [-0.2, -0.15) is 0 Å². The number of ketones is 1. The molecular formula is C16H23ClN2O2. The van der Waals surface area contributed by atoms with Crippen LogP contribution in [0.3, 0.4) is 0 Å². The molecule has 1 aliphatic rings. The van der Waals surface area contributed by atoms with Crippen LogP contribution in [0, 0.1) is 5.92 Å². The second-order valence-electron chi connectivity index (χ2n) is 5.43. The third kappa shape index (κ3) is 5.48. The Kier molecular flexibility index (Phi) is 7.40. The lowest BCUT2D eigenvalue weighted by molar-refractivity contribution is -0.122. The predicted octanol–water partition coefficient (Wildman–Crippen LogP) is 2.19. The first-order valence-corrected chi connectivity index (χ1v) is 7.25. The van der Waals surface area contributed by atoms with Gasteiger partial charge >= 0.3 is 0 Å². The molecule has 1 aliphatic heterocycles. The van der Waals surface area contributed by atoms with Crippen molar-refractivity contribution in [3.63, 3.8) is 0 Å². The normalized spacial score (nSPS) is 21.2. The van der Waals surface area contributed by atoms with Crippen LogP contribution in [-0.2, 0) is 4.79 Å². The SMILES string of the molecule is CC1CCNCC1NC(=O)CCC(=O)c1ccccc1.Cl. The summed E-state index contributed by atoms with van der Waals surface area (Å²) in [7, 11) is 0. The van der Waals surface area contributed by atoms with Crippen LogP contribution in [0.25, 0.3) is 0 Å². The van der Waals surface area contributed by atoms with Crippen molar-refractivity contribution in [2.45, 2.75) is 32.2 Å². The molecule has 0 aromatic heterocycles. The molecular weight excluding hydrogens is 288 g/mol. The zero-order valence-electron chi connectivity index (χ0n) is 12.3. The molecule has 4 nitrogen and oxygen atoms in total. The number of benzene rings is 1. The van der Waals surface area contributed by atoms with Gasteiger partial charge in [-0.25, -0.2) is 0 Å². The van der Waals surface area contributed by atoms with E-state index in [-0.39, 0.29) is 43.0 Å². The Bertz CT molecular complexity index is 465. The van der Waals surface area contributed by atoms with E-state index in [0.29, 0.717) is 11.5 Å². The molecule has 2 atom stereocenters. The lowest BCUT2D eigenvalue weighted by atomic mass is 9.94. The Balaban J connectivity index is 0.00000220. The molecule has 0 spiro atoms. The number of amides is 1. The van der Waals surface area contributed by atoms with Crippen LogP contribution in [0.4, 0.5) is 0 Å². The van der Waals surface area contributed by atoms with Crippen molar-refractivity contribution in [1.29, 1.82) is 0 Å². The summed E-state index contributed by atoms with van der Waals surface area (Å²) in [5, 5.41) is 6.30. The van der Waals surface area contributed by atoms with Crippen molar-refractivity contribution in [2.24, 2.45) is 5.92 Å². The van der Waals surface area contributed by atoms with E-state index in [1.165, 1.54) is 0 Å². The molecule has 2 unspecified atom stereocenters. The smallest absolute Gasteiger partial charge is 0.220 e. The van der Waals surface area contributed by atoms with Crippen LogP contribution < -0.4 is 10.6 Å². The number of hydrogen-bond acceptors (Lipinski definition) is 3. The second-order valence-corrected chi connectivity index (χ2v) is 5.43. The summed E-state index contributed by atoms with van der Waals surface area (Å²) in [4.78, 5) is 23.8. The first-order chi connectivity index (χ1) is 9.66. The average Bonchev–Trinajstić information content (AvgIpc) is 2.48. The van der Waals surface area contributed by atoms with Crippen molar-refractivity contribution in [2.75, 3.05) is 13.1 Å². The summed E-state index contributed by atoms with van der Waals surface area (Å²) >= 11 is 0. The lowest BCUT2D eigenvalue weighted by Gasteiger charge is -2.30. The fraction of sp³-hybridized carbons (Fsp3) is 0.500. The van der Waals surface area contributed by atoms with Gasteiger partial charge in [-0.3, -0.25) is 9.59 Å². The van der Waals surface area contributed by atoms with Gasteiger partial charge in [0.2, 0.25) is 5.91 Å². The van der Waals surface area contributed by atoms with Gasteiger partial charge in [0, 0.05) is 31.0 Å². The topological polar surface area (TPSA) is 58.2 Å². The largest absolute Gasteiger partial charge is 0.352 e. The third-order valence-electron chi connectivity index (χ3n) is 3.85. The molecule has 1 aromatic carbocycles. The van der Waals surface area contributed by atoms with E-state index in [1.807, 2.05) is 18.2 Å². The van der Waals surface area contributed by atoms with Gasteiger partial charge < -0.3 is 10.6 Å². The molecule has 1 saturated heterocycles. The first kappa shape index (κ1) is 17.7. The van der Waals surface area contributed by atoms with Gasteiger partial charge in [0.25, 0.3) is 0 Å². The molecule has 1 aromatic rings. The molecule has 2 rings (SSSR count). The maximum Gasteiger partial charge on any atom is 0.220 e. The van der Waals surface area contributed by atoms with E-state index in [0.717, 1.165) is 19.5 Å². The zero-order valence-corrected chi connectivity index (χ0v) is 13.1. The van der Waals surface area contributed by atoms with Crippen LogP contribution in [0.15, 0.2) is 30.3 Å². The van der Waals surface area contributed by atoms with Gasteiger partial charge in [-0.05, 0) is 18.9 Å². The highest BCUT2D eigenvalue weighted by Gasteiger charge is 2.22. The van der Waals surface area contributed by atoms with Gasteiger partial charge in [0.1, 0.15) is 0 Å². The Labute approximate surface area is 132 Å². The first-order valence-electron chi connectivity index (χ1n) is 7.25. The summed E-state index contributed by atoms with van der Waals surface area (Å²) in [6.45, 7) is 3.99. The maximum absolute atomic E-state index is 11.9. The average molecular weight is 311 g/mol. The quantitative estimate of drug-likeness (QED) is 0.820. The standard InChI is InChI=1S/C16H22N2O2.ClH/c1-12-9-10-17-11-14(12)18-16(20)8-7-15(19)13-5-3-2-4-6-13;/h2-6,12,14,17H,7-11H2,1H3,(H,18,20);1H. The molecule has 0 bridgehead atoms. The van der Waals surface area contributed by atoms with E-state index in [9.17, 15) is 9.59 Å². The molecule has 1 fully saturated rings. The lowest BCUT2D eigenvalue weighted by Crippen LogP contribution is -2.50. The number of rotatable bonds is 5. The van der Waals surface area contributed by atoms with Gasteiger partial charge in [-0.15, -0.1) is 12.4 Å². The summed E-state index contributed by atoms with van der Waals surface area (Å²) in [6, 6.07) is 9.30. The Morgan fingerprint density at radius 1 is 1.24 bits per heavy atom. The van der Waals surface area contributed by atoms with Crippen LogP contribution in [0.2, 0.25) is 0 Å². The maximum atomic E-state index is 11.9. The van der Waals surface area contributed by atoms with E-state index >= 15 is 0 Å². The van der Waals surface area contributed by atoms with Crippen molar-refractivity contribution in [1.82, 2.24) is 10.6 Å². The predicted molar refractivity (Wildman–Crippen MR) is 85.8 cm³/mol. The molecule has 0 saturated carbocycles. The van der Waals surface area contributed by atoms with Gasteiger partial charge in [0.05, 0.1) is 0 Å². The minimum absolute atomic E-state index is 0. The molecule has 1 heterocycles. The number of carbonyl (C=O) groups excluding carboxylic acids is 2. The van der Waals surface area contributed by atoms with Crippen LogP contribution >= 0.6 is 12.4 Å². The molecule has 1 amide bonds. The minimum atomic E-state index is -0.0326. The number of piperidine rings is 1. The van der Waals surface area contributed by atoms with E-state index in [4.69, 9.17) is 0 Å². The number of Topliss-reactive ketones (excluding diaryl/α,β-unsaturated/α-hetero) is 1.